The Morgan fingerprint density at radius 2 is 2.43 bits per heavy atom. The largest absolute Gasteiger partial charge is 0.308 e. The highest BCUT2D eigenvalue weighted by Gasteiger charge is 2.18. The van der Waals surface area contributed by atoms with E-state index in [0.29, 0.717) is 6.42 Å². The molecule has 0 radical (unpaired) electrons. The van der Waals surface area contributed by atoms with E-state index in [1.807, 2.05) is 4.41 Å². The minimum atomic E-state index is -0.226. The third-order valence-electron chi connectivity index (χ3n) is 1.85. The zero-order valence-corrected chi connectivity index (χ0v) is 8.27. The van der Waals surface area contributed by atoms with Crippen molar-refractivity contribution >= 4 is 17.6 Å². The molecule has 0 amide bonds. The Morgan fingerprint density at radius 1 is 1.57 bits per heavy atom. The molecule has 0 bridgehead atoms. The summed E-state index contributed by atoms with van der Waals surface area (Å²) in [4.78, 5) is 1.03. The van der Waals surface area contributed by atoms with Gasteiger partial charge in [0.15, 0.2) is 0 Å². The molecule has 1 aromatic rings. The molecule has 2 rings (SSSR count). The number of hydrogen-bond donors (Lipinski definition) is 1. The van der Waals surface area contributed by atoms with Crippen molar-refractivity contribution < 1.29 is 4.39 Å². The van der Waals surface area contributed by atoms with Gasteiger partial charge in [0.2, 0.25) is 0 Å². The number of nitrogens with zero attached hydrogens (tertiary/aromatic N) is 1. The molecule has 1 heterocycles. The van der Waals surface area contributed by atoms with E-state index in [0.717, 1.165) is 17.1 Å². The molecule has 72 valence electrons. The van der Waals surface area contributed by atoms with Gasteiger partial charge in [-0.25, -0.2) is 4.39 Å². The zero-order valence-electron chi connectivity index (χ0n) is 7.46. The molecule has 0 spiro atoms. The number of anilines is 1. The van der Waals surface area contributed by atoms with Crippen LogP contribution >= 0.6 is 11.9 Å². The predicted octanol–water partition coefficient (Wildman–Crippen LogP) is 2.50. The summed E-state index contributed by atoms with van der Waals surface area (Å²) < 4.78 is 14.7. The molecule has 4 heteroatoms. The molecule has 1 aliphatic rings. The average molecular weight is 208 g/mol. The van der Waals surface area contributed by atoms with Gasteiger partial charge in [-0.2, -0.15) is 4.41 Å². The highest BCUT2D eigenvalue weighted by molar-refractivity contribution is 7.97. The molecule has 1 aromatic carbocycles. The molecule has 1 aliphatic heterocycles. The van der Waals surface area contributed by atoms with Crippen LogP contribution in [0.5, 0.6) is 0 Å². The lowest BCUT2D eigenvalue weighted by Crippen LogP contribution is -2.18. The van der Waals surface area contributed by atoms with Crippen LogP contribution < -0.4 is 5.43 Å². The van der Waals surface area contributed by atoms with Crippen LogP contribution in [0.2, 0.25) is 0 Å². The van der Waals surface area contributed by atoms with E-state index in [1.165, 1.54) is 12.1 Å². The van der Waals surface area contributed by atoms with Crippen LogP contribution in [-0.2, 0) is 0 Å². The van der Waals surface area contributed by atoms with Gasteiger partial charge in [-0.3, -0.25) is 0 Å². The monoisotopic (exact) mass is 208 g/mol. The Kier molecular flexibility index (Phi) is 2.62. The predicted molar refractivity (Wildman–Crippen MR) is 56.0 cm³/mol. The molecular formula is C10H9FN2S. The lowest BCUT2D eigenvalue weighted by atomic mass is 10.3. The summed E-state index contributed by atoms with van der Waals surface area (Å²) in [5, 5.41) is 0. The molecule has 0 aliphatic carbocycles. The molecule has 1 N–H and O–H groups in total. The molecular weight excluding hydrogens is 199 g/mol. The third kappa shape index (κ3) is 1.84. The number of hydrogen-bond acceptors (Lipinski definition) is 3. The van der Waals surface area contributed by atoms with E-state index < -0.39 is 0 Å². The first kappa shape index (κ1) is 9.38. The van der Waals surface area contributed by atoms with Crippen molar-refractivity contribution in [2.24, 2.45) is 0 Å². The zero-order chi connectivity index (χ0) is 9.97. The SMILES string of the molecule is C#CCCN1Nc2cc(F)ccc2S1. The van der Waals surface area contributed by atoms with Crippen LogP contribution in [0.3, 0.4) is 0 Å². The van der Waals surface area contributed by atoms with E-state index in [-0.39, 0.29) is 5.82 Å². The average Bonchev–Trinajstić information content (AvgIpc) is 2.56. The van der Waals surface area contributed by atoms with Gasteiger partial charge in [0.25, 0.3) is 0 Å². The van der Waals surface area contributed by atoms with Crippen molar-refractivity contribution in [2.45, 2.75) is 11.3 Å². The van der Waals surface area contributed by atoms with Crippen molar-refractivity contribution in [3.63, 3.8) is 0 Å². The van der Waals surface area contributed by atoms with Gasteiger partial charge in [-0.1, -0.05) is 0 Å². The summed E-state index contributed by atoms with van der Waals surface area (Å²) in [6.07, 6.45) is 5.84. The van der Waals surface area contributed by atoms with Crippen molar-refractivity contribution in [3.8, 4) is 12.3 Å². The van der Waals surface area contributed by atoms with E-state index in [4.69, 9.17) is 6.42 Å². The Morgan fingerprint density at radius 3 is 3.21 bits per heavy atom. The molecule has 14 heavy (non-hydrogen) atoms. The van der Waals surface area contributed by atoms with Crippen molar-refractivity contribution in [3.05, 3.63) is 24.0 Å². The highest BCUT2D eigenvalue weighted by atomic mass is 32.2. The van der Waals surface area contributed by atoms with Crippen molar-refractivity contribution in [1.29, 1.82) is 0 Å². The minimum absolute atomic E-state index is 0.226. The van der Waals surface area contributed by atoms with E-state index >= 15 is 0 Å². The second-order valence-corrected chi connectivity index (χ2v) is 3.96. The van der Waals surface area contributed by atoms with Crippen LogP contribution in [0, 0.1) is 18.2 Å². The van der Waals surface area contributed by atoms with Crippen LogP contribution in [0.15, 0.2) is 23.1 Å². The molecule has 0 atom stereocenters. The summed E-state index contributed by atoms with van der Waals surface area (Å²) in [5.74, 6) is 2.34. The van der Waals surface area contributed by atoms with E-state index in [2.05, 4.69) is 11.3 Å². The van der Waals surface area contributed by atoms with Crippen LogP contribution in [0.25, 0.3) is 0 Å². The van der Waals surface area contributed by atoms with Crippen LogP contribution in [-0.4, -0.2) is 11.0 Å². The van der Waals surface area contributed by atoms with Crippen molar-refractivity contribution in [2.75, 3.05) is 12.0 Å². The summed E-state index contributed by atoms with van der Waals surface area (Å²) in [6, 6.07) is 4.70. The van der Waals surface area contributed by atoms with Gasteiger partial charge in [0, 0.05) is 17.9 Å². The number of terminal acetylenes is 1. The van der Waals surface area contributed by atoms with Gasteiger partial charge in [-0.05, 0) is 30.1 Å². The molecule has 0 unspecified atom stereocenters. The van der Waals surface area contributed by atoms with Gasteiger partial charge in [0.05, 0.1) is 5.69 Å². The summed E-state index contributed by atoms with van der Waals surface area (Å²) >= 11 is 1.54. The van der Waals surface area contributed by atoms with Gasteiger partial charge < -0.3 is 5.43 Å². The van der Waals surface area contributed by atoms with Crippen molar-refractivity contribution in [1.82, 2.24) is 4.41 Å². The molecule has 0 saturated heterocycles. The van der Waals surface area contributed by atoms with E-state index in [9.17, 15) is 4.39 Å². The van der Waals surface area contributed by atoms with E-state index in [1.54, 1.807) is 18.0 Å². The Balaban J connectivity index is 2.07. The number of rotatable bonds is 2. The Bertz CT molecular complexity index is 386. The smallest absolute Gasteiger partial charge is 0.125 e. The first-order valence-electron chi connectivity index (χ1n) is 4.25. The number of fused-ring (bicyclic) bond motifs is 1. The number of halogens is 1. The molecule has 0 fully saturated rings. The highest BCUT2D eigenvalue weighted by Crippen LogP contribution is 2.37. The topological polar surface area (TPSA) is 15.3 Å². The minimum Gasteiger partial charge on any atom is -0.308 e. The fourth-order valence-corrected chi connectivity index (χ4v) is 2.11. The lowest BCUT2D eigenvalue weighted by Gasteiger charge is -2.11. The third-order valence-corrected chi connectivity index (χ3v) is 2.90. The fourth-order valence-electron chi connectivity index (χ4n) is 1.21. The Labute approximate surface area is 86.6 Å². The quantitative estimate of drug-likeness (QED) is 0.594. The number of nitrogens with one attached hydrogen (secondary N) is 1. The maximum atomic E-state index is 12.8. The molecule has 2 nitrogen and oxygen atoms in total. The number of benzene rings is 1. The molecule has 0 saturated carbocycles. The summed E-state index contributed by atoms with van der Waals surface area (Å²) in [5.41, 5.74) is 3.88. The normalized spacial score (nSPS) is 14.6. The van der Waals surface area contributed by atoms with Crippen LogP contribution in [0.1, 0.15) is 6.42 Å². The van der Waals surface area contributed by atoms with Gasteiger partial charge >= 0.3 is 0 Å². The molecule has 0 aromatic heterocycles. The number of hydrazine groups is 1. The first-order chi connectivity index (χ1) is 6.79. The maximum absolute atomic E-state index is 12.8. The van der Waals surface area contributed by atoms with Gasteiger partial charge in [-0.15, -0.1) is 12.3 Å². The van der Waals surface area contributed by atoms with Crippen LogP contribution in [0.4, 0.5) is 10.1 Å². The Hall–Kier alpha value is -1.18. The second kappa shape index (κ2) is 3.91. The second-order valence-electron chi connectivity index (χ2n) is 2.90. The van der Waals surface area contributed by atoms with Gasteiger partial charge in [0.1, 0.15) is 5.82 Å². The maximum Gasteiger partial charge on any atom is 0.125 e. The fraction of sp³-hybridized carbons (Fsp3) is 0.200. The summed E-state index contributed by atoms with van der Waals surface area (Å²) in [6.45, 7) is 0.747. The standard InChI is InChI=1S/C10H9FN2S/c1-2-3-6-13-12-9-7-8(11)4-5-10(9)14-13/h1,4-5,7,12H,3,6H2. The summed E-state index contributed by atoms with van der Waals surface area (Å²) in [7, 11) is 0. The first-order valence-corrected chi connectivity index (χ1v) is 5.02. The lowest BCUT2D eigenvalue weighted by molar-refractivity contribution is 0.578.